The molecule has 156 valence electrons. The van der Waals surface area contributed by atoms with Crippen LogP contribution in [0.2, 0.25) is 0 Å². The molecular formula is C20H20N4O6. The second-order valence-corrected chi connectivity index (χ2v) is 5.97. The third-order valence-electron chi connectivity index (χ3n) is 4.15. The summed E-state index contributed by atoms with van der Waals surface area (Å²) in [6, 6.07) is 11.8. The Labute approximate surface area is 172 Å². The summed E-state index contributed by atoms with van der Waals surface area (Å²) in [7, 11) is 4.29. The van der Waals surface area contributed by atoms with Gasteiger partial charge < -0.3 is 19.3 Å². The molecule has 30 heavy (non-hydrogen) atoms. The van der Waals surface area contributed by atoms with Gasteiger partial charge >= 0.3 is 0 Å². The van der Waals surface area contributed by atoms with Crippen molar-refractivity contribution in [2.24, 2.45) is 0 Å². The van der Waals surface area contributed by atoms with Gasteiger partial charge in [0, 0.05) is 5.56 Å². The normalized spacial score (nSPS) is 10.2. The molecule has 0 unspecified atom stereocenters. The Hall–Kier alpha value is -4.21. The number of nitrogens with zero attached hydrogens (tertiary/aromatic N) is 2. The van der Waals surface area contributed by atoms with Gasteiger partial charge in [-0.25, -0.2) is 4.68 Å². The average molecular weight is 412 g/mol. The molecule has 2 aromatic carbocycles. The molecule has 0 atom stereocenters. The summed E-state index contributed by atoms with van der Waals surface area (Å²) < 4.78 is 17.0. The van der Waals surface area contributed by atoms with E-state index in [0.717, 1.165) is 0 Å². The number of amides is 2. The Morgan fingerprint density at radius 3 is 2.10 bits per heavy atom. The number of carbonyl (C=O) groups is 2. The van der Waals surface area contributed by atoms with E-state index in [1.54, 1.807) is 24.3 Å². The van der Waals surface area contributed by atoms with Crippen LogP contribution in [0, 0.1) is 0 Å². The van der Waals surface area contributed by atoms with E-state index < -0.39 is 11.8 Å². The van der Waals surface area contributed by atoms with Crippen molar-refractivity contribution in [3.8, 4) is 28.7 Å². The first kappa shape index (κ1) is 20.5. The molecule has 3 N–H and O–H groups in total. The van der Waals surface area contributed by atoms with E-state index in [4.69, 9.17) is 14.2 Å². The average Bonchev–Trinajstić information content (AvgIpc) is 3.18. The monoisotopic (exact) mass is 412 g/mol. The first-order valence-corrected chi connectivity index (χ1v) is 8.73. The molecular weight excluding hydrogens is 392 g/mol. The zero-order valence-electron chi connectivity index (χ0n) is 16.5. The number of para-hydroxylation sites is 1. The Bertz CT molecular complexity index is 1040. The van der Waals surface area contributed by atoms with E-state index in [2.05, 4.69) is 16.0 Å². The second kappa shape index (κ2) is 8.86. The van der Waals surface area contributed by atoms with Crippen molar-refractivity contribution < 1.29 is 28.9 Å². The third-order valence-corrected chi connectivity index (χ3v) is 4.15. The number of ether oxygens (including phenoxy) is 3. The molecule has 0 saturated carbocycles. The highest BCUT2D eigenvalue weighted by molar-refractivity contribution is 6.00. The van der Waals surface area contributed by atoms with E-state index in [1.165, 1.54) is 44.3 Å². The van der Waals surface area contributed by atoms with Crippen LogP contribution in [-0.4, -0.2) is 48.0 Å². The summed E-state index contributed by atoms with van der Waals surface area (Å²) in [6.45, 7) is 0. The molecule has 1 heterocycles. The van der Waals surface area contributed by atoms with Crippen LogP contribution in [0.5, 0.6) is 23.0 Å². The summed E-state index contributed by atoms with van der Waals surface area (Å²) in [5.74, 6) is -0.858. The fourth-order valence-electron chi connectivity index (χ4n) is 2.70. The van der Waals surface area contributed by atoms with E-state index in [1.807, 2.05) is 6.07 Å². The lowest BCUT2D eigenvalue weighted by Crippen LogP contribution is -2.41. The van der Waals surface area contributed by atoms with Crippen LogP contribution >= 0.6 is 0 Å². The number of hydrogen-bond donors (Lipinski definition) is 3. The van der Waals surface area contributed by atoms with Crippen LogP contribution < -0.4 is 25.1 Å². The van der Waals surface area contributed by atoms with Gasteiger partial charge in [-0.05, 0) is 24.3 Å². The van der Waals surface area contributed by atoms with Gasteiger partial charge in [0.2, 0.25) is 5.75 Å². The lowest BCUT2D eigenvalue weighted by atomic mass is 10.1. The van der Waals surface area contributed by atoms with Crippen molar-refractivity contribution in [2.45, 2.75) is 0 Å². The second-order valence-electron chi connectivity index (χ2n) is 5.97. The quantitative estimate of drug-likeness (QED) is 0.526. The topological polar surface area (TPSA) is 124 Å². The standard InChI is InChI=1S/C20H20N4O6/c1-28-15-9-12(10-16(29-2)18(15)30-3)19(26)21-22-20(27)17-14(25)11-24(23-17)13-7-5-4-6-8-13/h4-11,25H,1-3H3,(H,21,26)(H,22,27). The molecule has 0 radical (unpaired) electrons. The fourth-order valence-corrected chi connectivity index (χ4v) is 2.70. The Morgan fingerprint density at radius 1 is 0.933 bits per heavy atom. The highest BCUT2D eigenvalue weighted by Gasteiger charge is 2.20. The molecule has 3 rings (SSSR count). The van der Waals surface area contributed by atoms with Gasteiger partial charge in [0.25, 0.3) is 11.8 Å². The summed E-state index contributed by atoms with van der Waals surface area (Å²) in [4.78, 5) is 24.8. The molecule has 3 aromatic rings. The van der Waals surface area contributed by atoms with E-state index in [9.17, 15) is 14.7 Å². The van der Waals surface area contributed by atoms with Crippen molar-refractivity contribution in [3.05, 3.63) is 59.9 Å². The summed E-state index contributed by atoms with van der Waals surface area (Å²) in [6.07, 6.45) is 1.30. The number of methoxy groups -OCH3 is 3. The molecule has 0 aliphatic heterocycles. The van der Waals surface area contributed by atoms with Gasteiger partial charge in [0.05, 0.1) is 33.2 Å². The summed E-state index contributed by atoms with van der Waals surface area (Å²) in [5.41, 5.74) is 5.05. The number of aromatic hydroxyl groups is 1. The van der Waals surface area contributed by atoms with E-state index in [-0.39, 0.29) is 28.5 Å². The van der Waals surface area contributed by atoms with Crippen LogP contribution in [0.1, 0.15) is 20.8 Å². The predicted molar refractivity (Wildman–Crippen MR) is 106 cm³/mol. The number of carbonyl (C=O) groups excluding carboxylic acids is 2. The van der Waals surface area contributed by atoms with Crippen LogP contribution in [0.15, 0.2) is 48.7 Å². The highest BCUT2D eigenvalue weighted by atomic mass is 16.5. The zero-order valence-corrected chi connectivity index (χ0v) is 16.5. The Morgan fingerprint density at radius 2 is 1.53 bits per heavy atom. The number of nitrogens with one attached hydrogen (secondary N) is 2. The van der Waals surface area contributed by atoms with Crippen molar-refractivity contribution in [3.63, 3.8) is 0 Å². The van der Waals surface area contributed by atoms with Crippen LogP contribution in [0.25, 0.3) is 5.69 Å². The van der Waals surface area contributed by atoms with Crippen LogP contribution in [-0.2, 0) is 0 Å². The first-order valence-electron chi connectivity index (χ1n) is 8.73. The smallest absolute Gasteiger partial charge is 0.294 e. The fraction of sp³-hybridized carbons (Fsp3) is 0.150. The van der Waals surface area contributed by atoms with Crippen LogP contribution in [0.4, 0.5) is 0 Å². The SMILES string of the molecule is COc1cc(C(=O)NNC(=O)c2nn(-c3ccccc3)cc2O)cc(OC)c1OC. The number of rotatable bonds is 6. The van der Waals surface area contributed by atoms with Gasteiger partial charge in [0.1, 0.15) is 0 Å². The molecule has 2 amide bonds. The maximum atomic E-state index is 12.5. The zero-order chi connectivity index (χ0) is 21.7. The molecule has 0 aliphatic rings. The largest absolute Gasteiger partial charge is 0.504 e. The molecule has 0 bridgehead atoms. The van der Waals surface area contributed by atoms with Crippen molar-refractivity contribution in [2.75, 3.05) is 21.3 Å². The van der Waals surface area contributed by atoms with Gasteiger partial charge in [-0.2, -0.15) is 5.10 Å². The van der Waals surface area contributed by atoms with Crippen molar-refractivity contribution >= 4 is 11.8 Å². The van der Waals surface area contributed by atoms with Crippen molar-refractivity contribution in [1.29, 1.82) is 0 Å². The van der Waals surface area contributed by atoms with Gasteiger partial charge in [-0.3, -0.25) is 20.4 Å². The van der Waals surface area contributed by atoms with Gasteiger partial charge in [-0.15, -0.1) is 0 Å². The maximum absolute atomic E-state index is 12.5. The lowest BCUT2D eigenvalue weighted by molar-refractivity contribution is 0.0841. The Balaban J connectivity index is 1.74. The minimum Gasteiger partial charge on any atom is -0.504 e. The molecule has 0 fully saturated rings. The molecule has 10 nitrogen and oxygen atoms in total. The van der Waals surface area contributed by atoms with E-state index >= 15 is 0 Å². The third kappa shape index (κ3) is 4.12. The predicted octanol–water partition coefficient (Wildman–Crippen LogP) is 1.68. The minimum atomic E-state index is -0.789. The van der Waals surface area contributed by atoms with E-state index in [0.29, 0.717) is 11.4 Å². The van der Waals surface area contributed by atoms with Gasteiger partial charge in [0.15, 0.2) is 22.9 Å². The molecule has 10 heteroatoms. The number of benzene rings is 2. The van der Waals surface area contributed by atoms with Crippen LogP contribution in [0.3, 0.4) is 0 Å². The molecule has 1 aromatic heterocycles. The summed E-state index contributed by atoms with van der Waals surface area (Å²) >= 11 is 0. The first-order chi connectivity index (χ1) is 14.5. The van der Waals surface area contributed by atoms with Gasteiger partial charge in [-0.1, -0.05) is 18.2 Å². The summed E-state index contributed by atoms with van der Waals surface area (Å²) in [5, 5.41) is 14.1. The Kier molecular flexibility index (Phi) is 6.06. The van der Waals surface area contributed by atoms with Crippen molar-refractivity contribution in [1.82, 2.24) is 20.6 Å². The number of aromatic nitrogens is 2. The highest BCUT2D eigenvalue weighted by Crippen LogP contribution is 2.38. The molecule has 0 aliphatic carbocycles. The maximum Gasteiger partial charge on any atom is 0.294 e. The number of hydrazine groups is 1. The number of hydrogen-bond acceptors (Lipinski definition) is 7. The lowest BCUT2D eigenvalue weighted by Gasteiger charge is -2.14. The minimum absolute atomic E-state index is 0.156. The molecule has 0 spiro atoms. The molecule has 0 saturated heterocycles.